The van der Waals surface area contributed by atoms with Gasteiger partial charge in [-0.25, -0.2) is 4.21 Å². The van der Waals surface area contributed by atoms with Gasteiger partial charge in [0.15, 0.2) is 11.1 Å². The fraction of sp³-hybridized carbons (Fsp3) is 0. The van der Waals surface area contributed by atoms with Crippen LogP contribution in [-0.2, 0) is 11.1 Å². The molecule has 0 fully saturated rings. The molecule has 70 valence electrons. The van der Waals surface area contributed by atoms with Crippen molar-refractivity contribution in [2.24, 2.45) is 0 Å². The van der Waals surface area contributed by atoms with E-state index >= 15 is 0 Å². The molecule has 7 heteroatoms. The summed E-state index contributed by atoms with van der Waals surface area (Å²) in [6.45, 7) is 0. The maximum absolute atomic E-state index is 10.6. The molecule has 0 aromatic heterocycles. The van der Waals surface area contributed by atoms with Gasteiger partial charge in [0, 0.05) is 11.8 Å². The van der Waals surface area contributed by atoms with Gasteiger partial charge in [0.25, 0.3) is 5.69 Å². The normalized spacial score (nSPS) is 12.4. The molecule has 0 radical (unpaired) electrons. The summed E-state index contributed by atoms with van der Waals surface area (Å²) in [6, 6.07) is 3.53. The van der Waals surface area contributed by atoms with Crippen molar-refractivity contribution >= 4 is 22.5 Å². The molecule has 0 bridgehead atoms. The summed E-state index contributed by atoms with van der Waals surface area (Å²) in [5.74, 6) is 0. The zero-order valence-corrected chi connectivity index (χ0v) is 7.15. The van der Waals surface area contributed by atoms with Gasteiger partial charge in [0.2, 0.25) is 0 Å². The van der Waals surface area contributed by atoms with Crippen LogP contribution in [0.1, 0.15) is 0 Å². The lowest BCUT2D eigenvalue weighted by Gasteiger charge is -1.98. The zero-order valence-electron chi connectivity index (χ0n) is 6.34. The third kappa shape index (κ3) is 2.01. The first-order valence-corrected chi connectivity index (χ1v) is 4.28. The van der Waals surface area contributed by atoms with Crippen molar-refractivity contribution in [2.45, 2.75) is 4.90 Å². The Morgan fingerprint density at radius 3 is 2.62 bits per heavy atom. The number of nitro benzene ring substituents is 1. The molecule has 6 nitrogen and oxygen atoms in total. The van der Waals surface area contributed by atoms with Crippen molar-refractivity contribution in [1.82, 2.24) is 0 Å². The number of nitrogen functional groups attached to an aromatic ring is 1. The summed E-state index contributed by atoms with van der Waals surface area (Å²) in [6.07, 6.45) is 0. The lowest BCUT2D eigenvalue weighted by atomic mass is 10.3. The Balaban J connectivity index is 3.35. The quantitative estimate of drug-likeness (QED) is 0.318. The van der Waals surface area contributed by atoms with Crippen LogP contribution in [-0.4, -0.2) is 13.7 Å². The molecule has 1 atom stereocenters. The van der Waals surface area contributed by atoms with E-state index in [0.717, 1.165) is 12.1 Å². The molecule has 1 unspecified atom stereocenters. The third-order valence-electron chi connectivity index (χ3n) is 1.37. The third-order valence-corrected chi connectivity index (χ3v) is 2.09. The smallest absolute Gasteiger partial charge is 0.289 e. The minimum absolute atomic E-state index is 0.181. The van der Waals surface area contributed by atoms with E-state index < -0.39 is 21.7 Å². The lowest BCUT2D eigenvalue weighted by molar-refractivity contribution is -0.387. The van der Waals surface area contributed by atoms with Gasteiger partial charge in [-0.05, 0) is 12.1 Å². The molecule has 0 amide bonds. The van der Waals surface area contributed by atoms with Gasteiger partial charge in [-0.15, -0.1) is 0 Å². The molecule has 0 saturated carbocycles. The van der Waals surface area contributed by atoms with Crippen LogP contribution in [0.5, 0.6) is 0 Å². The van der Waals surface area contributed by atoms with E-state index in [2.05, 4.69) is 0 Å². The Hall–Kier alpha value is -1.47. The second kappa shape index (κ2) is 3.50. The minimum Gasteiger partial charge on any atom is -0.399 e. The second-order valence-electron chi connectivity index (χ2n) is 2.23. The van der Waals surface area contributed by atoms with E-state index in [0.29, 0.717) is 0 Å². The van der Waals surface area contributed by atoms with Crippen LogP contribution in [0.2, 0.25) is 0 Å². The summed E-state index contributed by atoms with van der Waals surface area (Å²) in [5, 5.41) is 10.4. The van der Waals surface area contributed by atoms with E-state index in [1.165, 1.54) is 6.07 Å². The maximum atomic E-state index is 10.6. The number of nitrogens with zero attached hydrogens (tertiary/aromatic N) is 1. The van der Waals surface area contributed by atoms with Gasteiger partial charge >= 0.3 is 0 Å². The molecule has 0 spiro atoms. The van der Waals surface area contributed by atoms with Crippen molar-refractivity contribution in [3.05, 3.63) is 28.3 Å². The Kier molecular flexibility index (Phi) is 2.59. The monoisotopic (exact) mass is 202 g/mol. The number of rotatable bonds is 2. The predicted octanol–water partition coefficient (Wildman–Crippen LogP) is 0.758. The highest BCUT2D eigenvalue weighted by Gasteiger charge is 2.17. The first-order chi connectivity index (χ1) is 6.02. The minimum atomic E-state index is -2.37. The highest BCUT2D eigenvalue weighted by atomic mass is 32.2. The average Bonchev–Trinajstić information content (AvgIpc) is 2.03. The Morgan fingerprint density at radius 2 is 2.15 bits per heavy atom. The van der Waals surface area contributed by atoms with Crippen molar-refractivity contribution < 1.29 is 13.7 Å². The summed E-state index contributed by atoms with van der Waals surface area (Å²) in [4.78, 5) is 9.38. The highest BCUT2D eigenvalue weighted by Crippen LogP contribution is 2.23. The second-order valence-corrected chi connectivity index (χ2v) is 3.17. The Labute approximate surface area is 75.8 Å². The fourth-order valence-electron chi connectivity index (χ4n) is 0.825. The summed E-state index contributed by atoms with van der Waals surface area (Å²) < 4.78 is 19.3. The first kappa shape index (κ1) is 9.62. The van der Waals surface area contributed by atoms with E-state index in [-0.39, 0.29) is 10.6 Å². The number of hydrogen-bond acceptors (Lipinski definition) is 4. The van der Waals surface area contributed by atoms with Gasteiger partial charge in [0.1, 0.15) is 4.90 Å². The fourth-order valence-corrected chi connectivity index (χ4v) is 1.32. The molecule has 13 heavy (non-hydrogen) atoms. The molecule has 0 heterocycles. The molecule has 3 N–H and O–H groups in total. The summed E-state index contributed by atoms with van der Waals surface area (Å²) in [5.41, 5.74) is 5.02. The average molecular weight is 202 g/mol. The van der Waals surface area contributed by atoms with E-state index in [4.69, 9.17) is 10.3 Å². The van der Waals surface area contributed by atoms with Crippen LogP contribution in [0, 0.1) is 10.1 Å². The van der Waals surface area contributed by atoms with Gasteiger partial charge < -0.3 is 10.3 Å². The maximum Gasteiger partial charge on any atom is 0.289 e. The van der Waals surface area contributed by atoms with Crippen LogP contribution in [0.15, 0.2) is 23.1 Å². The molecule has 0 aliphatic rings. The molecule has 0 aliphatic carbocycles. The largest absolute Gasteiger partial charge is 0.399 e. The summed E-state index contributed by atoms with van der Waals surface area (Å²) in [7, 11) is 0. The Morgan fingerprint density at radius 1 is 1.54 bits per heavy atom. The zero-order chi connectivity index (χ0) is 10.0. The van der Waals surface area contributed by atoms with Gasteiger partial charge in [-0.1, -0.05) is 0 Å². The van der Waals surface area contributed by atoms with Crippen LogP contribution in [0.25, 0.3) is 0 Å². The standard InChI is InChI=1S/C6H6N2O4S/c7-4-1-2-6(13(11)12)5(3-4)8(9)10/h1-3H,7H2,(H,11,12). The predicted molar refractivity (Wildman–Crippen MR) is 46.5 cm³/mol. The lowest BCUT2D eigenvalue weighted by Crippen LogP contribution is -1.98. The molecular weight excluding hydrogens is 196 g/mol. The van der Waals surface area contributed by atoms with Crippen molar-refractivity contribution in [3.63, 3.8) is 0 Å². The van der Waals surface area contributed by atoms with Crippen LogP contribution in [0.3, 0.4) is 0 Å². The molecule has 0 aliphatic heterocycles. The molecular formula is C6H6N2O4S. The number of anilines is 1. The topological polar surface area (TPSA) is 106 Å². The van der Waals surface area contributed by atoms with Crippen LogP contribution in [0.4, 0.5) is 11.4 Å². The summed E-state index contributed by atoms with van der Waals surface area (Å²) >= 11 is -2.37. The van der Waals surface area contributed by atoms with Gasteiger partial charge in [-0.2, -0.15) is 0 Å². The van der Waals surface area contributed by atoms with Crippen molar-refractivity contribution in [1.29, 1.82) is 0 Å². The number of hydrogen-bond donors (Lipinski definition) is 2. The van der Waals surface area contributed by atoms with Crippen molar-refractivity contribution in [3.8, 4) is 0 Å². The molecule has 1 aromatic carbocycles. The van der Waals surface area contributed by atoms with Crippen LogP contribution >= 0.6 is 0 Å². The van der Waals surface area contributed by atoms with E-state index in [1.807, 2.05) is 0 Å². The van der Waals surface area contributed by atoms with Crippen LogP contribution < -0.4 is 5.73 Å². The molecule has 0 saturated heterocycles. The van der Waals surface area contributed by atoms with Gasteiger partial charge in [0.05, 0.1) is 4.92 Å². The molecule has 1 rings (SSSR count). The number of nitrogens with two attached hydrogens (primary N) is 1. The van der Waals surface area contributed by atoms with E-state index in [1.54, 1.807) is 0 Å². The Bertz CT molecular complexity index is 379. The number of nitro groups is 1. The number of benzene rings is 1. The van der Waals surface area contributed by atoms with Crippen molar-refractivity contribution in [2.75, 3.05) is 5.73 Å². The SMILES string of the molecule is Nc1ccc(S(=O)O)c([N+](=O)[O-])c1. The van der Waals surface area contributed by atoms with E-state index in [9.17, 15) is 14.3 Å². The molecule has 1 aromatic rings. The first-order valence-electron chi connectivity index (χ1n) is 3.17. The highest BCUT2D eigenvalue weighted by molar-refractivity contribution is 7.79. The van der Waals surface area contributed by atoms with Gasteiger partial charge in [-0.3, -0.25) is 10.1 Å².